The molecule has 0 saturated carbocycles. The third-order valence-electron chi connectivity index (χ3n) is 3.01. The molecule has 2 rings (SSSR count). The van der Waals surface area contributed by atoms with Gasteiger partial charge < -0.3 is 5.32 Å². The van der Waals surface area contributed by atoms with Crippen molar-refractivity contribution >= 4 is 11.8 Å². The Morgan fingerprint density at radius 2 is 2.00 bits per heavy atom. The number of benzene rings is 1. The SMILES string of the molecule is Fc1cccc(F)c1CNCC1CCCCS1. The van der Waals surface area contributed by atoms with E-state index < -0.39 is 11.6 Å². The molecular weight excluding hydrogens is 240 g/mol. The lowest BCUT2D eigenvalue weighted by atomic mass is 10.1. The molecule has 1 aliphatic heterocycles. The van der Waals surface area contributed by atoms with Crippen LogP contribution >= 0.6 is 11.8 Å². The van der Waals surface area contributed by atoms with Crippen molar-refractivity contribution in [3.05, 3.63) is 35.4 Å². The van der Waals surface area contributed by atoms with E-state index in [1.165, 1.54) is 43.2 Å². The molecule has 1 heterocycles. The quantitative estimate of drug-likeness (QED) is 0.888. The number of hydrogen-bond donors (Lipinski definition) is 1. The summed E-state index contributed by atoms with van der Waals surface area (Å²) in [6.45, 7) is 1.11. The Balaban J connectivity index is 1.81. The van der Waals surface area contributed by atoms with Crippen LogP contribution in [0.5, 0.6) is 0 Å². The Kier molecular flexibility index (Phi) is 4.80. The lowest BCUT2D eigenvalue weighted by Crippen LogP contribution is -2.27. The van der Waals surface area contributed by atoms with Crippen molar-refractivity contribution in [1.82, 2.24) is 5.32 Å². The monoisotopic (exact) mass is 257 g/mol. The second kappa shape index (κ2) is 6.36. The minimum atomic E-state index is -0.464. The molecule has 94 valence electrons. The van der Waals surface area contributed by atoms with Crippen LogP contribution < -0.4 is 5.32 Å². The number of thioether (sulfide) groups is 1. The van der Waals surface area contributed by atoms with Gasteiger partial charge in [0.1, 0.15) is 11.6 Å². The number of hydrogen-bond acceptors (Lipinski definition) is 2. The van der Waals surface area contributed by atoms with Gasteiger partial charge >= 0.3 is 0 Å². The summed E-state index contributed by atoms with van der Waals surface area (Å²) in [5.41, 5.74) is 0.147. The van der Waals surface area contributed by atoms with Crippen LogP contribution in [0.2, 0.25) is 0 Å². The summed E-state index contributed by atoms with van der Waals surface area (Å²) in [5.74, 6) is 0.281. The van der Waals surface area contributed by atoms with E-state index in [9.17, 15) is 8.78 Å². The molecular formula is C13H17F2NS. The molecule has 0 radical (unpaired) electrons. The lowest BCUT2D eigenvalue weighted by molar-refractivity contribution is 0.528. The van der Waals surface area contributed by atoms with Crippen LogP contribution in [0, 0.1) is 11.6 Å². The third-order valence-corrected chi connectivity index (χ3v) is 4.41. The van der Waals surface area contributed by atoms with Gasteiger partial charge in [-0.2, -0.15) is 11.8 Å². The van der Waals surface area contributed by atoms with Gasteiger partial charge in [0.25, 0.3) is 0 Å². The van der Waals surface area contributed by atoms with Gasteiger partial charge in [0, 0.05) is 23.9 Å². The number of halogens is 2. The molecule has 1 saturated heterocycles. The lowest BCUT2D eigenvalue weighted by Gasteiger charge is -2.21. The summed E-state index contributed by atoms with van der Waals surface area (Å²) in [7, 11) is 0. The van der Waals surface area contributed by atoms with Crippen LogP contribution in [0.15, 0.2) is 18.2 Å². The molecule has 1 aromatic carbocycles. The normalized spacial score (nSPS) is 20.5. The first kappa shape index (κ1) is 12.8. The summed E-state index contributed by atoms with van der Waals surface area (Å²) in [6.07, 6.45) is 3.77. The molecule has 1 nitrogen and oxygen atoms in total. The van der Waals surface area contributed by atoms with Gasteiger partial charge in [-0.05, 0) is 30.7 Å². The zero-order valence-corrected chi connectivity index (χ0v) is 10.5. The van der Waals surface area contributed by atoms with Crippen molar-refractivity contribution in [2.45, 2.75) is 31.1 Å². The second-order valence-corrected chi connectivity index (χ2v) is 5.73. The molecule has 0 amide bonds. The van der Waals surface area contributed by atoms with Crippen molar-refractivity contribution in [2.24, 2.45) is 0 Å². The number of rotatable bonds is 4. The van der Waals surface area contributed by atoms with Crippen molar-refractivity contribution < 1.29 is 8.78 Å². The molecule has 0 spiro atoms. The van der Waals surface area contributed by atoms with E-state index in [4.69, 9.17) is 0 Å². The topological polar surface area (TPSA) is 12.0 Å². The maximum atomic E-state index is 13.3. The standard InChI is InChI=1S/C13H17F2NS/c14-12-5-3-6-13(15)11(12)9-16-8-10-4-1-2-7-17-10/h3,5-6,10,16H,1-2,4,7-9H2. The van der Waals surface area contributed by atoms with Crippen LogP contribution in [-0.2, 0) is 6.54 Å². The van der Waals surface area contributed by atoms with E-state index in [0.29, 0.717) is 5.25 Å². The molecule has 0 aliphatic carbocycles. The highest BCUT2D eigenvalue weighted by Crippen LogP contribution is 2.24. The van der Waals surface area contributed by atoms with Gasteiger partial charge in [-0.1, -0.05) is 12.5 Å². The van der Waals surface area contributed by atoms with E-state index >= 15 is 0 Å². The van der Waals surface area contributed by atoms with Gasteiger partial charge in [0.15, 0.2) is 0 Å². The van der Waals surface area contributed by atoms with Gasteiger partial charge in [-0.15, -0.1) is 0 Å². The molecule has 1 N–H and O–H groups in total. The Bertz CT molecular complexity index is 344. The summed E-state index contributed by atoms with van der Waals surface area (Å²) < 4.78 is 26.7. The molecule has 1 aromatic rings. The summed E-state index contributed by atoms with van der Waals surface area (Å²) in [5, 5.41) is 3.75. The largest absolute Gasteiger partial charge is 0.311 e. The van der Waals surface area contributed by atoms with E-state index in [0.717, 1.165) is 6.54 Å². The minimum absolute atomic E-state index is 0.147. The van der Waals surface area contributed by atoms with Crippen molar-refractivity contribution in [3.8, 4) is 0 Å². The van der Waals surface area contributed by atoms with Gasteiger partial charge in [0.05, 0.1) is 0 Å². The average molecular weight is 257 g/mol. The Morgan fingerprint density at radius 1 is 1.24 bits per heavy atom. The third kappa shape index (κ3) is 3.68. The fraction of sp³-hybridized carbons (Fsp3) is 0.538. The second-order valence-electron chi connectivity index (χ2n) is 4.32. The van der Waals surface area contributed by atoms with E-state index in [2.05, 4.69) is 5.32 Å². The summed E-state index contributed by atoms with van der Waals surface area (Å²) in [6, 6.07) is 4.00. The molecule has 1 fully saturated rings. The average Bonchev–Trinajstić information content (AvgIpc) is 2.34. The maximum Gasteiger partial charge on any atom is 0.130 e. The molecule has 0 bridgehead atoms. The smallest absolute Gasteiger partial charge is 0.130 e. The Hall–Kier alpha value is -0.610. The Labute approximate surface area is 105 Å². The zero-order valence-electron chi connectivity index (χ0n) is 9.72. The van der Waals surface area contributed by atoms with Crippen LogP contribution in [0.4, 0.5) is 8.78 Å². The van der Waals surface area contributed by atoms with Crippen LogP contribution in [0.25, 0.3) is 0 Å². The summed E-state index contributed by atoms with van der Waals surface area (Å²) >= 11 is 1.96. The van der Waals surface area contributed by atoms with Crippen molar-refractivity contribution in [1.29, 1.82) is 0 Å². The fourth-order valence-electron chi connectivity index (χ4n) is 2.03. The highest BCUT2D eigenvalue weighted by atomic mass is 32.2. The predicted molar refractivity (Wildman–Crippen MR) is 68.2 cm³/mol. The van der Waals surface area contributed by atoms with Gasteiger partial charge in [-0.3, -0.25) is 0 Å². The van der Waals surface area contributed by atoms with Crippen LogP contribution in [0.1, 0.15) is 24.8 Å². The zero-order chi connectivity index (χ0) is 12.1. The van der Waals surface area contributed by atoms with Gasteiger partial charge in [0.2, 0.25) is 0 Å². The Morgan fingerprint density at radius 3 is 2.65 bits per heavy atom. The molecule has 1 atom stereocenters. The van der Waals surface area contributed by atoms with Crippen molar-refractivity contribution in [3.63, 3.8) is 0 Å². The predicted octanol–water partition coefficient (Wildman–Crippen LogP) is 3.34. The van der Waals surface area contributed by atoms with E-state index in [1.807, 2.05) is 11.8 Å². The van der Waals surface area contributed by atoms with Gasteiger partial charge in [-0.25, -0.2) is 8.78 Å². The number of nitrogens with one attached hydrogen (secondary N) is 1. The van der Waals surface area contributed by atoms with E-state index in [1.54, 1.807) is 0 Å². The highest BCUT2D eigenvalue weighted by molar-refractivity contribution is 7.99. The summed E-state index contributed by atoms with van der Waals surface area (Å²) in [4.78, 5) is 0. The first-order chi connectivity index (χ1) is 8.27. The molecule has 17 heavy (non-hydrogen) atoms. The van der Waals surface area contributed by atoms with E-state index in [-0.39, 0.29) is 12.1 Å². The fourth-order valence-corrected chi connectivity index (χ4v) is 3.30. The highest BCUT2D eigenvalue weighted by Gasteiger charge is 2.14. The van der Waals surface area contributed by atoms with Crippen molar-refractivity contribution in [2.75, 3.05) is 12.3 Å². The van der Waals surface area contributed by atoms with Crippen LogP contribution in [-0.4, -0.2) is 17.5 Å². The maximum absolute atomic E-state index is 13.3. The molecule has 1 aliphatic rings. The molecule has 0 aromatic heterocycles. The molecule has 1 unspecified atom stereocenters. The minimum Gasteiger partial charge on any atom is -0.311 e. The van der Waals surface area contributed by atoms with Crippen LogP contribution in [0.3, 0.4) is 0 Å². The molecule has 4 heteroatoms. The first-order valence-electron chi connectivity index (χ1n) is 6.02. The first-order valence-corrected chi connectivity index (χ1v) is 7.07.